The normalized spacial score (nSPS) is 16.4. The molecule has 1 aliphatic heterocycles. The third-order valence-corrected chi connectivity index (χ3v) is 1.70. The summed E-state index contributed by atoms with van der Waals surface area (Å²) in [5.41, 5.74) is 0. The van der Waals surface area contributed by atoms with Gasteiger partial charge in [-0.3, -0.25) is 5.32 Å². The molecule has 0 saturated heterocycles. The van der Waals surface area contributed by atoms with E-state index in [-0.39, 0.29) is 12.4 Å². The predicted molar refractivity (Wildman–Crippen MR) is 32.7 cm³/mol. The number of hydrogen-bond donors (Lipinski definition) is 1. The van der Waals surface area contributed by atoms with Crippen LogP contribution in [0.15, 0.2) is 0 Å². The van der Waals surface area contributed by atoms with Crippen LogP contribution in [-0.4, -0.2) is 29.7 Å². The molecule has 0 amide bonds. The Balaban J connectivity index is 0.000000490. The van der Waals surface area contributed by atoms with E-state index in [1.54, 1.807) is 11.9 Å². The molecule has 0 saturated carbocycles. The molecule has 0 fully saturated rings. The lowest BCUT2D eigenvalue weighted by atomic mass is 10.7. The van der Waals surface area contributed by atoms with Crippen molar-refractivity contribution in [3.63, 3.8) is 0 Å². The lowest BCUT2D eigenvalue weighted by molar-refractivity contribution is -0.328. The van der Waals surface area contributed by atoms with E-state index in [9.17, 15) is 0 Å². The number of nitrogens with zero attached hydrogens (tertiary/aromatic N) is 1. The molecule has 1 rings (SSSR count). The van der Waals surface area contributed by atoms with Gasteiger partial charge in [0.15, 0.2) is 0 Å². The van der Waals surface area contributed by atoms with Crippen LogP contribution < -0.4 is 17.7 Å². The maximum atomic E-state index is 3.10. The number of nitrogens with one attached hydrogen (secondary N) is 1. The average Bonchev–Trinajstić information content (AvgIpc) is 2.14. The molecule has 0 unspecified atom stereocenters. The standard InChI is InChI=1S/C4H8N2S.ClH/c1-7-6-3-2-5-4-6;/h4H,2-3H2,1H3;1H. The van der Waals surface area contributed by atoms with Crippen LogP contribution in [0, 0.1) is 0 Å². The Morgan fingerprint density at radius 2 is 2.50 bits per heavy atom. The summed E-state index contributed by atoms with van der Waals surface area (Å²) in [5, 5.41) is 3.10. The van der Waals surface area contributed by atoms with Gasteiger partial charge in [0.1, 0.15) is 13.1 Å². The van der Waals surface area contributed by atoms with Crippen molar-refractivity contribution >= 4 is 18.3 Å². The van der Waals surface area contributed by atoms with Gasteiger partial charge in [0, 0.05) is 6.26 Å². The first-order valence-corrected chi connectivity index (χ1v) is 3.49. The Kier molecular flexibility index (Phi) is 4.09. The first-order valence-electron chi connectivity index (χ1n) is 2.31. The summed E-state index contributed by atoms with van der Waals surface area (Å²) in [6.07, 6.45) is 4.08. The van der Waals surface area contributed by atoms with E-state index in [4.69, 9.17) is 0 Å². The van der Waals surface area contributed by atoms with Crippen molar-refractivity contribution in [2.24, 2.45) is 0 Å². The topological polar surface area (TPSA) is 15.0 Å². The molecule has 0 aromatic carbocycles. The van der Waals surface area contributed by atoms with Crippen molar-refractivity contribution in [2.45, 2.75) is 0 Å². The average molecular weight is 153 g/mol. The molecule has 0 bridgehead atoms. The molecule has 0 radical (unpaired) electrons. The van der Waals surface area contributed by atoms with Crippen molar-refractivity contribution in [2.75, 3.05) is 19.3 Å². The smallest absolute Gasteiger partial charge is 0.244 e. The molecule has 2 nitrogen and oxygen atoms in total. The molecule has 1 N–H and O–H groups in total. The third kappa shape index (κ3) is 1.92. The minimum atomic E-state index is 0. The minimum Gasteiger partial charge on any atom is -1.00 e. The third-order valence-electron chi connectivity index (χ3n) is 0.946. The largest absolute Gasteiger partial charge is 1.00 e. The second kappa shape index (κ2) is 4.04. The van der Waals surface area contributed by atoms with Crippen molar-refractivity contribution in [1.82, 2.24) is 5.32 Å². The van der Waals surface area contributed by atoms with Crippen LogP contribution in [0.1, 0.15) is 0 Å². The monoisotopic (exact) mass is 152 g/mol. The highest BCUT2D eigenvalue weighted by molar-refractivity contribution is 7.92. The molecule has 0 spiro atoms. The highest BCUT2D eigenvalue weighted by Crippen LogP contribution is 1.94. The second-order valence-corrected chi connectivity index (χ2v) is 2.24. The van der Waals surface area contributed by atoms with Gasteiger partial charge in [-0.05, 0) is 0 Å². The van der Waals surface area contributed by atoms with Gasteiger partial charge in [0.05, 0.1) is 11.9 Å². The van der Waals surface area contributed by atoms with E-state index >= 15 is 0 Å². The maximum absolute atomic E-state index is 3.10. The van der Waals surface area contributed by atoms with Gasteiger partial charge < -0.3 is 12.4 Å². The molecular weight excluding hydrogens is 144 g/mol. The molecular formula is C4H9ClN2S. The zero-order chi connectivity index (χ0) is 5.11. The Labute approximate surface area is 59.9 Å². The molecule has 0 atom stereocenters. The van der Waals surface area contributed by atoms with Crippen molar-refractivity contribution < 1.29 is 16.4 Å². The Morgan fingerprint density at radius 3 is 2.75 bits per heavy atom. The summed E-state index contributed by atoms with van der Waals surface area (Å²) in [4.78, 5) is 0. The molecule has 0 aromatic heterocycles. The fraction of sp³-hybridized carbons (Fsp3) is 0.750. The van der Waals surface area contributed by atoms with Gasteiger partial charge >= 0.3 is 0 Å². The molecule has 4 heteroatoms. The summed E-state index contributed by atoms with van der Waals surface area (Å²) in [7, 11) is 0. The van der Waals surface area contributed by atoms with Gasteiger partial charge in [-0.25, -0.2) is 3.98 Å². The zero-order valence-electron chi connectivity index (χ0n) is 4.72. The molecule has 1 aliphatic rings. The first kappa shape index (κ1) is 8.11. The lowest BCUT2D eigenvalue weighted by Gasteiger charge is -1.85. The van der Waals surface area contributed by atoms with Gasteiger partial charge in [-0.1, -0.05) is 0 Å². The first-order chi connectivity index (χ1) is 3.43. The number of rotatable bonds is 1. The van der Waals surface area contributed by atoms with Crippen molar-refractivity contribution in [3.05, 3.63) is 0 Å². The van der Waals surface area contributed by atoms with Crippen LogP contribution in [0.2, 0.25) is 0 Å². The van der Waals surface area contributed by atoms with Crippen LogP contribution in [0.3, 0.4) is 0 Å². The van der Waals surface area contributed by atoms with E-state index in [1.165, 1.54) is 0 Å². The second-order valence-electron chi connectivity index (χ2n) is 1.41. The minimum absolute atomic E-state index is 0. The Bertz CT molecular complexity index is 94.0. The number of hydrogen-bond acceptors (Lipinski definition) is 2. The fourth-order valence-corrected chi connectivity index (χ4v) is 1.00. The highest BCUT2D eigenvalue weighted by atomic mass is 35.5. The van der Waals surface area contributed by atoms with Crippen molar-refractivity contribution in [3.8, 4) is 0 Å². The Morgan fingerprint density at radius 1 is 1.75 bits per heavy atom. The van der Waals surface area contributed by atoms with Gasteiger partial charge in [0.25, 0.3) is 0 Å². The van der Waals surface area contributed by atoms with Crippen LogP contribution >= 0.6 is 11.9 Å². The molecule has 1 heterocycles. The van der Waals surface area contributed by atoms with E-state index in [2.05, 4.69) is 15.6 Å². The molecule has 48 valence electrons. The lowest BCUT2D eigenvalue weighted by Crippen LogP contribution is -3.00. The van der Waals surface area contributed by atoms with Crippen LogP contribution in [-0.2, 0) is 0 Å². The molecule has 0 aromatic rings. The quantitative estimate of drug-likeness (QED) is 0.317. The SMILES string of the molecule is CS[N+]1=CNCC1.[Cl-]. The van der Waals surface area contributed by atoms with Crippen molar-refractivity contribution in [1.29, 1.82) is 0 Å². The zero-order valence-corrected chi connectivity index (χ0v) is 6.30. The van der Waals surface area contributed by atoms with Crippen LogP contribution in [0.4, 0.5) is 0 Å². The van der Waals surface area contributed by atoms with E-state index < -0.39 is 0 Å². The summed E-state index contributed by atoms with van der Waals surface area (Å²) in [6, 6.07) is 0. The Hall–Kier alpha value is 0.110. The summed E-state index contributed by atoms with van der Waals surface area (Å²) < 4.78 is 2.17. The van der Waals surface area contributed by atoms with Gasteiger partial charge in [-0.15, -0.1) is 0 Å². The van der Waals surface area contributed by atoms with E-state index in [0.717, 1.165) is 13.1 Å². The highest BCUT2D eigenvalue weighted by Gasteiger charge is 2.04. The van der Waals surface area contributed by atoms with E-state index in [0.29, 0.717) is 0 Å². The van der Waals surface area contributed by atoms with Crippen LogP contribution in [0.25, 0.3) is 0 Å². The summed E-state index contributed by atoms with van der Waals surface area (Å²) in [6.45, 7) is 2.24. The fourth-order valence-electron chi connectivity index (χ4n) is 0.550. The van der Waals surface area contributed by atoms with Gasteiger partial charge in [-0.2, -0.15) is 0 Å². The molecule has 8 heavy (non-hydrogen) atoms. The molecule has 0 aliphatic carbocycles. The van der Waals surface area contributed by atoms with E-state index in [1.807, 2.05) is 6.34 Å². The summed E-state index contributed by atoms with van der Waals surface area (Å²) in [5.74, 6) is 0. The van der Waals surface area contributed by atoms with Crippen LogP contribution in [0.5, 0.6) is 0 Å². The number of halogens is 1. The van der Waals surface area contributed by atoms with Gasteiger partial charge in [0.2, 0.25) is 6.34 Å². The predicted octanol–water partition coefficient (Wildman–Crippen LogP) is -3.09. The maximum Gasteiger partial charge on any atom is 0.244 e. The summed E-state index contributed by atoms with van der Waals surface area (Å²) >= 11 is 1.75.